The minimum absolute atomic E-state index is 0.144. The molecule has 1 N–H and O–H groups in total. The van der Waals surface area contributed by atoms with Gasteiger partial charge in [-0.05, 0) is 47.1 Å². The molecule has 2 aromatic heterocycles. The molecule has 2 rings (SSSR count). The van der Waals surface area contributed by atoms with Crippen LogP contribution in [0.5, 0.6) is 0 Å². The monoisotopic (exact) mass is 294 g/mol. The Hall–Kier alpha value is -1.62. The second-order valence-electron chi connectivity index (χ2n) is 3.60. The van der Waals surface area contributed by atoms with Crippen LogP contribution in [0.15, 0.2) is 39.4 Å². The molecular formula is C12H11BrN2O2. The number of nitrogens with zero attached hydrogens (tertiary/aromatic N) is 1. The predicted molar refractivity (Wildman–Crippen MR) is 67.7 cm³/mol. The molecule has 17 heavy (non-hydrogen) atoms. The second-order valence-corrected chi connectivity index (χ2v) is 4.51. The molecule has 0 aromatic carbocycles. The maximum absolute atomic E-state index is 11.7. The van der Waals surface area contributed by atoms with E-state index in [2.05, 4.69) is 26.2 Å². The summed E-state index contributed by atoms with van der Waals surface area (Å²) in [5.41, 5.74) is 0. The molecule has 0 atom stereocenters. The Morgan fingerprint density at radius 2 is 2.24 bits per heavy atom. The zero-order valence-electron chi connectivity index (χ0n) is 9.24. The molecule has 0 aliphatic rings. The van der Waals surface area contributed by atoms with Crippen LogP contribution in [0, 0.1) is 6.92 Å². The van der Waals surface area contributed by atoms with Gasteiger partial charge in [0, 0.05) is 10.7 Å². The van der Waals surface area contributed by atoms with Gasteiger partial charge in [0.2, 0.25) is 5.91 Å². The minimum atomic E-state index is -0.144. The number of furan rings is 1. The van der Waals surface area contributed by atoms with E-state index in [1.54, 1.807) is 18.3 Å². The molecule has 0 fully saturated rings. The van der Waals surface area contributed by atoms with E-state index in [1.807, 2.05) is 19.1 Å². The smallest absolute Gasteiger partial charge is 0.233 e. The molecule has 5 heteroatoms. The topological polar surface area (TPSA) is 55.1 Å². The number of hydrogen-bond donors (Lipinski definition) is 1. The molecule has 0 saturated heterocycles. The van der Waals surface area contributed by atoms with Gasteiger partial charge in [0.1, 0.15) is 17.3 Å². The van der Waals surface area contributed by atoms with Gasteiger partial charge >= 0.3 is 0 Å². The Kier molecular flexibility index (Phi) is 3.58. The summed E-state index contributed by atoms with van der Waals surface area (Å²) in [6.07, 6.45) is 1.85. The molecule has 0 spiro atoms. The van der Waals surface area contributed by atoms with Gasteiger partial charge in [-0.15, -0.1) is 0 Å². The highest BCUT2D eigenvalue weighted by Gasteiger charge is 2.07. The van der Waals surface area contributed by atoms with Gasteiger partial charge in [-0.2, -0.15) is 0 Å². The average Bonchev–Trinajstić information content (AvgIpc) is 2.67. The Morgan fingerprint density at radius 1 is 1.41 bits per heavy atom. The third kappa shape index (κ3) is 3.42. The normalized spacial score (nSPS) is 10.2. The van der Waals surface area contributed by atoms with Crippen LogP contribution in [0.4, 0.5) is 5.82 Å². The Morgan fingerprint density at radius 3 is 2.82 bits per heavy atom. The van der Waals surface area contributed by atoms with Gasteiger partial charge in [0.25, 0.3) is 0 Å². The van der Waals surface area contributed by atoms with E-state index in [0.29, 0.717) is 11.6 Å². The maximum atomic E-state index is 11.7. The van der Waals surface area contributed by atoms with Crippen LogP contribution in [0.3, 0.4) is 0 Å². The summed E-state index contributed by atoms with van der Waals surface area (Å²) in [6.45, 7) is 1.84. The van der Waals surface area contributed by atoms with Gasteiger partial charge in [-0.25, -0.2) is 4.98 Å². The van der Waals surface area contributed by atoms with Crippen LogP contribution < -0.4 is 5.32 Å². The highest BCUT2D eigenvalue weighted by Crippen LogP contribution is 2.11. The van der Waals surface area contributed by atoms with E-state index < -0.39 is 0 Å². The van der Waals surface area contributed by atoms with Gasteiger partial charge in [0.05, 0.1) is 6.42 Å². The van der Waals surface area contributed by atoms with Gasteiger partial charge in [-0.3, -0.25) is 4.79 Å². The number of hydrogen-bond acceptors (Lipinski definition) is 3. The number of pyridine rings is 1. The zero-order chi connectivity index (χ0) is 12.3. The minimum Gasteiger partial charge on any atom is -0.466 e. The molecule has 88 valence electrons. The number of aryl methyl sites for hydroxylation is 1. The van der Waals surface area contributed by atoms with Gasteiger partial charge < -0.3 is 9.73 Å². The lowest BCUT2D eigenvalue weighted by molar-refractivity contribution is -0.115. The van der Waals surface area contributed by atoms with E-state index in [0.717, 1.165) is 10.2 Å². The first-order valence-corrected chi connectivity index (χ1v) is 5.89. The largest absolute Gasteiger partial charge is 0.466 e. The molecule has 0 radical (unpaired) electrons. The van der Waals surface area contributed by atoms with Crippen LogP contribution in [0.1, 0.15) is 11.5 Å². The van der Waals surface area contributed by atoms with E-state index in [9.17, 15) is 4.79 Å². The van der Waals surface area contributed by atoms with Crippen molar-refractivity contribution in [1.82, 2.24) is 4.98 Å². The quantitative estimate of drug-likeness (QED) is 0.947. The van der Waals surface area contributed by atoms with E-state index in [1.165, 1.54) is 0 Å². The number of anilines is 1. The van der Waals surface area contributed by atoms with Crippen molar-refractivity contribution in [1.29, 1.82) is 0 Å². The van der Waals surface area contributed by atoms with Crippen LogP contribution in [-0.4, -0.2) is 10.9 Å². The highest BCUT2D eigenvalue weighted by molar-refractivity contribution is 9.10. The molecule has 0 bridgehead atoms. The van der Waals surface area contributed by atoms with Gasteiger partial charge in [-0.1, -0.05) is 0 Å². The Bertz CT molecular complexity index is 520. The molecule has 0 aliphatic heterocycles. The van der Waals surface area contributed by atoms with Crippen LogP contribution in [0.25, 0.3) is 0 Å². The fourth-order valence-corrected chi connectivity index (χ4v) is 1.61. The number of halogens is 1. The Balaban J connectivity index is 1.95. The molecule has 0 aliphatic carbocycles. The molecular weight excluding hydrogens is 284 g/mol. The molecule has 2 aromatic rings. The van der Waals surface area contributed by atoms with Crippen LogP contribution in [0.2, 0.25) is 0 Å². The standard InChI is InChI=1S/C12H11BrN2O2/c1-8-2-4-10(17-8)6-12(16)15-11-5-3-9(13)7-14-11/h2-5,7H,6H2,1H3,(H,14,15,16). The number of aromatic nitrogens is 1. The molecule has 1 amide bonds. The van der Waals surface area contributed by atoms with E-state index in [-0.39, 0.29) is 12.3 Å². The summed E-state index contributed by atoms with van der Waals surface area (Å²) in [7, 11) is 0. The number of nitrogens with one attached hydrogen (secondary N) is 1. The maximum Gasteiger partial charge on any atom is 0.233 e. The summed E-state index contributed by atoms with van der Waals surface area (Å²) in [6, 6.07) is 7.18. The summed E-state index contributed by atoms with van der Waals surface area (Å²) in [4.78, 5) is 15.7. The van der Waals surface area contributed by atoms with Crippen molar-refractivity contribution in [2.75, 3.05) is 5.32 Å². The average molecular weight is 295 g/mol. The van der Waals surface area contributed by atoms with Crippen molar-refractivity contribution in [3.05, 3.63) is 46.5 Å². The van der Waals surface area contributed by atoms with Crippen molar-refractivity contribution in [2.24, 2.45) is 0 Å². The van der Waals surface area contributed by atoms with Crippen molar-refractivity contribution >= 4 is 27.7 Å². The molecule has 4 nitrogen and oxygen atoms in total. The van der Waals surface area contributed by atoms with Crippen molar-refractivity contribution in [2.45, 2.75) is 13.3 Å². The third-order valence-electron chi connectivity index (χ3n) is 2.13. The lowest BCUT2D eigenvalue weighted by Crippen LogP contribution is -2.14. The SMILES string of the molecule is Cc1ccc(CC(=O)Nc2ccc(Br)cn2)o1. The van der Waals surface area contributed by atoms with E-state index in [4.69, 9.17) is 4.42 Å². The van der Waals surface area contributed by atoms with Crippen molar-refractivity contribution in [3.8, 4) is 0 Å². The summed E-state index contributed by atoms with van der Waals surface area (Å²) >= 11 is 3.28. The number of carbonyl (C=O) groups is 1. The fourth-order valence-electron chi connectivity index (χ4n) is 1.38. The summed E-state index contributed by atoms with van der Waals surface area (Å²) < 4.78 is 6.19. The van der Waals surface area contributed by atoms with Gasteiger partial charge in [0.15, 0.2) is 0 Å². The zero-order valence-corrected chi connectivity index (χ0v) is 10.8. The second kappa shape index (κ2) is 5.14. The highest BCUT2D eigenvalue weighted by atomic mass is 79.9. The first kappa shape index (κ1) is 11.9. The lowest BCUT2D eigenvalue weighted by atomic mass is 10.3. The predicted octanol–water partition coefficient (Wildman–Crippen LogP) is 2.93. The fraction of sp³-hybridized carbons (Fsp3) is 0.167. The van der Waals surface area contributed by atoms with Crippen LogP contribution >= 0.6 is 15.9 Å². The van der Waals surface area contributed by atoms with Crippen LogP contribution in [-0.2, 0) is 11.2 Å². The molecule has 0 saturated carbocycles. The van der Waals surface area contributed by atoms with Crippen molar-refractivity contribution < 1.29 is 9.21 Å². The molecule has 0 unspecified atom stereocenters. The third-order valence-corrected chi connectivity index (χ3v) is 2.59. The summed E-state index contributed by atoms with van der Waals surface area (Å²) in [5, 5.41) is 2.70. The molecule has 2 heterocycles. The number of rotatable bonds is 3. The first-order valence-electron chi connectivity index (χ1n) is 5.10. The first-order chi connectivity index (χ1) is 8.13. The lowest BCUT2D eigenvalue weighted by Gasteiger charge is -2.02. The number of amides is 1. The van der Waals surface area contributed by atoms with Crippen molar-refractivity contribution in [3.63, 3.8) is 0 Å². The summed E-state index contributed by atoms with van der Waals surface area (Å²) in [5.74, 6) is 1.84. The van der Waals surface area contributed by atoms with E-state index >= 15 is 0 Å². The number of carbonyl (C=O) groups excluding carboxylic acids is 1. The Labute approximate surface area is 107 Å².